The molecule has 4 aromatic rings. The number of nitrogens with two attached hydrogens (primary N) is 1. The number of ketones is 1. The van der Waals surface area contributed by atoms with Gasteiger partial charge in [0, 0.05) is 16.5 Å². The number of aliphatic hydroxyl groups excluding tert-OH is 1. The fourth-order valence-electron chi connectivity index (χ4n) is 5.50. The number of imide groups is 1. The topological polar surface area (TPSA) is 157 Å². The highest BCUT2D eigenvalue weighted by Gasteiger charge is 2.43. The number of carbonyl (C=O) groups is 3. The molecule has 16 heteroatoms. The molecule has 0 atom stereocenters. The first kappa shape index (κ1) is 31.7. The van der Waals surface area contributed by atoms with E-state index in [0.717, 1.165) is 12.1 Å². The second-order valence-corrected chi connectivity index (χ2v) is 13.7. The lowest BCUT2D eigenvalue weighted by atomic mass is 9.97. The zero-order valence-corrected chi connectivity index (χ0v) is 27.6. The Kier molecular flexibility index (Phi) is 7.50. The van der Waals surface area contributed by atoms with Gasteiger partial charge in [0.25, 0.3) is 11.8 Å². The highest BCUT2D eigenvalue weighted by Crippen LogP contribution is 2.47. The predicted octanol–water partition coefficient (Wildman–Crippen LogP) is 7.43. The number of carbonyl (C=O) groups excluding carboxylic acids is 3. The average molecular weight is 728 g/mol. The predicted molar refractivity (Wildman–Crippen MR) is 171 cm³/mol. The van der Waals surface area contributed by atoms with Gasteiger partial charge in [0.1, 0.15) is 5.76 Å². The number of anilines is 1. The summed E-state index contributed by atoms with van der Waals surface area (Å²) >= 11 is 31.7. The van der Waals surface area contributed by atoms with Crippen LogP contribution in [0.1, 0.15) is 59.0 Å². The van der Waals surface area contributed by atoms with E-state index in [4.69, 9.17) is 63.9 Å². The molecule has 0 unspecified atom stereocenters. The van der Waals surface area contributed by atoms with E-state index in [-0.39, 0.29) is 80.8 Å². The van der Waals surface area contributed by atoms with Gasteiger partial charge >= 0.3 is 10.1 Å². The summed E-state index contributed by atoms with van der Waals surface area (Å²) < 4.78 is 29.5. The number of benzene rings is 3. The maximum atomic E-state index is 13.8. The van der Waals surface area contributed by atoms with E-state index < -0.39 is 38.4 Å². The number of fused-ring (bicyclic) bond motifs is 3. The molecule has 2 heterocycles. The maximum Gasteiger partial charge on any atom is 0.312 e. The van der Waals surface area contributed by atoms with Crippen molar-refractivity contribution in [1.29, 1.82) is 0 Å². The van der Waals surface area contributed by atoms with E-state index in [1.54, 1.807) is 13.8 Å². The van der Waals surface area contributed by atoms with Crippen LogP contribution in [0.25, 0.3) is 22.2 Å². The molecule has 1 aliphatic heterocycles. The lowest BCUT2D eigenvalue weighted by Gasteiger charge is -2.18. The summed E-state index contributed by atoms with van der Waals surface area (Å²) in [4.78, 5) is 46.0. The molecular weight excluding hydrogens is 712 g/mol. The number of aromatic nitrogens is 1. The van der Waals surface area contributed by atoms with Gasteiger partial charge < -0.3 is 5.11 Å². The van der Waals surface area contributed by atoms with Crippen LogP contribution in [-0.2, 0) is 14.4 Å². The first-order chi connectivity index (χ1) is 21.0. The standard InChI is InChI=1S/C29H16Cl5N3O7S/c1-8-9(2)20(30)22(32)18-15(8)26(38)17(27(18)39)13-5-4-11-6-12(45(42,43)44-35)7-14(25(11)36-13)37-28(40)16-10(3)21(31)24(34)23(33)19(16)29(37)41/h4-7,39H,35H2,1-3H3. The minimum absolute atomic E-state index is 0.0238. The Hall–Kier alpha value is -3.26. The molecule has 0 saturated carbocycles. The normalized spacial score (nSPS) is 14.7. The summed E-state index contributed by atoms with van der Waals surface area (Å²) in [6, 6.07) is 4.83. The Morgan fingerprint density at radius 2 is 1.38 bits per heavy atom. The van der Waals surface area contributed by atoms with Crippen molar-refractivity contribution >= 4 is 114 Å². The van der Waals surface area contributed by atoms with Gasteiger partial charge in [-0.05, 0) is 55.7 Å². The summed E-state index contributed by atoms with van der Waals surface area (Å²) in [5, 5.41) is 11.0. The van der Waals surface area contributed by atoms with Crippen LogP contribution in [0.3, 0.4) is 0 Å². The summed E-state index contributed by atoms with van der Waals surface area (Å²) in [5.41, 5.74) is 0.253. The number of pyridine rings is 1. The van der Waals surface area contributed by atoms with Crippen molar-refractivity contribution in [3.05, 3.63) is 94.0 Å². The van der Waals surface area contributed by atoms with Crippen molar-refractivity contribution in [1.82, 2.24) is 4.98 Å². The van der Waals surface area contributed by atoms with Gasteiger partial charge in [0.2, 0.25) is 0 Å². The highest BCUT2D eigenvalue weighted by molar-refractivity contribution is 7.86. The van der Waals surface area contributed by atoms with Crippen molar-refractivity contribution < 1.29 is 32.2 Å². The van der Waals surface area contributed by atoms with Crippen molar-refractivity contribution in [3.63, 3.8) is 0 Å². The number of rotatable bonds is 4. The Balaban J connectivity index is 1.64. The number of aliphatic hydroxyl groups is 1. The third-order valence-electron chi connectivity index (χ3n) is 7.91. The van der Waals surface area contributed by atoms with Crippen LogP contribution in [0.15, 0.2) is 29.2 Å². The van der Waals surface area contributed by atoms with Gasteiger partial charge in [-0.1, -0.05) is 64.1 Å². The molecule has 2 aliphatic rings. The molecule has 1 aromatic heterocycles. The largest absolute Gasteiger partial charge is 0.506 e. The number of allylic oxidation sites excluding steroid dienone is 1. The van der Waals surface area contributed by atoms with Gasteiger partial charge in [-0.2, -0.15) is 18.6 Å². The summed E-state index contributed by atoms with van der Waals surface area (Å²) in [6.45, 7) is 4.81. The van der Waals surface area contributed by atoms with Crippen LogP contribution in [0.2, 0.25) is 25.1 Å². The Morgan fingerprint density at radius 1 is 0.778 bits per heavy atom. The number of amides is 2. The smallest absolute Gasteiger partial charge is 0.312 e. The zero-order chi connectivity index (χ0) is 33.0. The second kappa shape index (κ2) is 10.6. The average Bonchev–Trinajstić information content (AvgIpc) is 3.43. The fraction of sp³-hybridized carbons (Fsp3) is 0.103. The zero-order valence-electron chi connectivity index (χ0n) is 23.0. The van der Waals surface area contributed by atoms with Gasteiger partial charge in [0.05, 0.1) is 63.6 Å². The molecule has 0 fully saturated rings. The van der Waals surface area contributed by atoms with Crippen LogP contribution < -0.4 is 10.8 Å². The number of halogens is 5. The molecule has 3 N–H and O–H groups in total. The first-order valence-electron chi connectivity index (χ1n) is 12.7. The molecule has 0 radical (unpaired) electrons. The SMILES string of the molecule is Cc1c(C)c2c(c(Cl)c1Cl)C(O)=C(c1ccc3cc(S(=O)(=O)ON)cc(N4C(=O)c5c(C)c(Cl)c(Cl)c(Cl)c5C4=O)c3n1)C2=O. The van der Waals surface area contributed by atoms with E-state index in [9.17, 15) is 27.9 Å². The van der Waals surface area contributed by atoms with Crippen LogP contribution in [0.5, 0.6) is 0 Å². The molecule has 6 rings (SSSR count). The van der Waals surface area contributed by atoms with E-state index in [0.29, 0.717) is 16.0 Å². The molecule has 230 valence electrons. The van der Waals surface area contributed by atoms with Gasteiger partial charge in [0.15, 0.2) is 5.78 Å². The Bertz CT molecular complexity index is 2240. The fourth-order valence-corrected chi connectivity index (χ4v) is 7.45. The van der Waals surface area contributed by atoms with Crippen molar-refractivity contribution in [2.24, 2.45) is 5.90 Å². The third-order valence-corrected chi connectivity index (χ3v) is 11.3. The van der Waals surface area contributed by atoms with Crippen molar-refractivity contribution in [2.45, 2.75) is 25.7 Å². The van der Waals surface area contributed by atoms with Gasteiger partial charge in [-0.3, -0.25) is 14.4 Å². The number of Topliss-reactive ketones (excluding diaryl/α,β-unsaturated/α-hetero) is 1. The van der Waals surface area contributed by atoms with Gasteiger partial charge in [-0.25, -0.2) is 9.88 Å². The lowest BCUT2D eigenvalue weighted by molar-refractivity contribution is 0.0925. The maximum absolute atomic E-state index is 13.8. The number of hydrogen-bond acceptors (Lipinski definition) is 9. The molecular formula is C29H16Cl5N3O7S. The monoisotopic (exact) mass is 725 g/mol. The molecule has 10 nitrogen and oxygen atoms in total. The quantitative estimate of drug-likeness (QED) is 0.124. The minimum atomic E-state index is -4.57. The van der Waals surface area contributed by atoms with Crippen LogP contribution in [-0.4, -0.2) is 36.1 Å². The third kappa shape index (κ3) is 4.34. The van der Waals surface area contributed by atoms with Crippen LogP contribution in [0.4, 0.5) is 5.69 Å². The molecule has 0 saturated heterocycles. The Morgan fingerprint density at radius 3 is 2.02 bits per heavy atom. The van der Waals surface area contributed by atoms with E-state index in [2.05, 4.69) is 9.27 Å². The van der Waals surface area contributed by atoms with Crippen molar-refractivity contribution in [3.8, 4) is 0 Å². The summed E-state index contributed by atoms with van der Waals surface area (Å²) in [6.07, 6.45) is 0. The summed E-state index contributed by atoms with van der Waals surface area (Å²) in [5.74, 6) is 2.09. The number of hydrogen-bond donors (Lipinski definition) is 2. The van der Waals surface area contributed by atoms with Crippen LogP contribution >= 0.6 is 58.0 Å². The molecule has 2 amide bonds. The molecule has 45 heavy (non-hydrogen) atoms. The second-order valence-electron chi connectivity index (χ2n) is 10.2. The van der Waals surface area contributed by atoms with Crippen molar-refractivity contribution in [2.75, 3.05) is 4.90 Å². The lowest BCUT2D eigenvalue weighted by Crippen LogP contribution is -2.30. The van der Waals surface area contributed by atoms with E-state index in [1.165, 1.54) is 19.1 Å². The minimum Gasteiger partial charge on any atom is -0.506 e. The van der Waals surface area contributed by atoms with Gasteiger partial charge in [-0.15, -0.1) is 0 Å². The molecule has 0 spiro atoms. The van der Waals surface area contributed by atoms with E-state index >= 15 is 0 Å². The molecule has 0 bridgehead atoms. The highest BCUT2D eigenvalue weighted by atomic mass is 35.5. The summed E-state index contributed by atoms with van der Waals surface area (Å²) in [7, 11) is -4.57. The van der Waals surface area contributed by atoms with E-state index in [1.807, 2.05) is 0 Å². The number of nitrogens with zero attached hydrogens (tertiary/aromatic N) is 2. The molecule has 3 aromatic carbocycles. The molecule has 1 aliphatic carbocycles. The Labute approximate surface area is 279 Å². The van der Waals surface area contributed by atoms with Crippen LogP contribution in [0, 0.1) is 20.8 Å². The first-order valence-corrected chi connectivity index (χ1v) is 16.0.